The van der Waals surface area contributed by atoms with E-state index in [-0.39, 0.29) is 5.41 Å². The average Bonchev–Trinajstić information content (AvgIpc) is 3.74. The highest BCUT2D eigenvalue weighted by Crippen LogP contribution is 2.58. The number of nitrogens with zero attached hydrogens (tertiary/aromatic N) is 1. The first-order chi connectivity index (χ1) is 29.0. The minimum absolute atomic E-state index is 0.125. The molecule has 0 bridgehead atoms. The van der Waals surface area contributed by atoms with E-state index in [0.29, 0.717) is 0 Å². The van der Waals surface area contributed by atoms with Crippen molar-refractivity contribution in [2.24, 2.45) is 0 Å². The maximum absolute atomic E-state index is 2.49. The van der Waals surface area contributed by atoms with Crippen LogP contribution in [0.3, 0.4) is 0 Å². The van der Waals surface area contributed by atoms with Crippen LogP contribution in [-0.2, 0) is 10.8 Å². The average molecular weight is 754 g/mol. The molecule has 0 spiro atoms. The van der Waals surface area contributed by atoms with Crippen molar-refractivity contribution in [3.05, 3.63) is 258 Å². The molecule has 1 heteroatoms. The van der Waals surface area contributed by atoms with Gasteiger partial charge in [0.1, 0.15) is 0 Å². The van der Waals surface area contributed by atoms with Crippen LogP contribution in [0.1, 0.15) is 47.2 Å². The number of rotatable bonds is 7. The third-order valence-electron chi connectivity index (χ3n) is 13.0. The van der Waals surface area contributed by atoms with Crippen molar-refractivity contribution in [3.8, 4) is 44.5 Å². The molecule has 0 atom stereocenters. The van der Waals surface area contributed by atoms with Crippen molar-refractivity contribution in [1.29, 1.82) is 0 Å². The monoisotopic (exact) mass is 753 g/mol. The van der Waals surface area contributed by atoms with Gasteiger partial charge in [-0.25, -0.2) is 0 Å². The number of hydrogen-bond donors (Lipinski definition) is 0. The van der Waals surface area contributed by atoms with Gasteiger partial charge in [0, 0.05) is 22.4 Å². The molecule has 11 rings (SSSR count). The number of fused-ring (bicyclic) bond motifs is 6. The molecule has 0 unspecified atom stereocenters. The predicted octanol–water partition coefficient (Wildman–Crippen LogP) is 15.2. The smallest absolute Gasteiger partial charge is 0.0714 e. The van der Waals surface area contributed by atoms with Crippen LogP contribution in [0.5, 0.6) is 0 Å². The first-order valence-electron chi connectivity index (χ1n) is 20.7. The molecule has 59 heavy (non-hydrogen) atoms. The predicted molar refractivity (Wildman–Crippen MR) is 247 cm³/mol. The van der Waals surface area contributed by atoms with Crippen LogP contribution in [0.15, 0.2) is 224 Å². The SMILES string of the molecule is CC1(C)c2ccccc2-c2c(N(c3ccc(-c4ccccc4)cc3)c3cccc(C4(c5ccc(-c6ccccc6)cc5)c5ccccc5-c5ccccc54)c3)cccc21. The molecule has 0 amide bonds. The van der Waals surface area contributed by atoms with Crippen molar-refractivity contribution >= 4 is 17.1 Å². The van der Waals surface area contributed by atoms with E-state index in [1.54, 1.807) is 0 Å². The molecular formula is C58H43N. The number of hydrogen-bond acceptors (Lipinski definition) is 1. The van der Waals surface area contributed by atoms with Gasteiger partial charge in [0.15, 0.2) is 0 Å². The molecular weight excluding hydrogens is 711 g/mol. The molecule has 0 saturated heterocycles. The standard InChI is InChI=1S/C58H43N/c1-57(2)51-26-12-11-25-50(51)56-54(57)29-16-30-55(56)59(46-37-33-43(34-38-46)41-19-7-4-8-20-41)47-22-15-21-45(39-47)58(44-35-31-42(32-36-44)40-17-5-3-6-18-40)52-27-13-9-23-48(52)49-24-10-14-28-53(49)58/h3-39H,1-2H3. The Kier molecular flexibility index (Phi) is 8.13. The second-order valence-corrected chi connectivity index (χ2v) is 16.5. The fourth-order valence-corrected chi connectivity index (χ4v) is 10.2. The van der Waals surface area contributed by atoms with Gasteiger partial charge in [-0.1, -0.05) is 208 Å². The number of benzene rings is 9. The summed E-state index contributed by atoms with van der Waals surface area (Å²) in [7, 11) is 0. The maximum atomic E-state index is 2.49. The maximum Gasteiger partial charge on any atom is 0.0714 e. The Labute approximate surface area is 347 Å². The Hall–Kier alpha value is -7.22. The fraction of sp³-hybridized carbons (Fsp3) is 0.0690. The molecule has 0 heterocycles. The zero-order valence-electron chi connectivity index (χ0n) is 33.3. The van der Waals surface area contributed by atoms with Gasteiger partial charge in [0.05, 0.1) is 11.1 Å². The molecule has 2 aliphatic rings. The summed E-state index contributed by atoms with van der Waals surface area (Å²) in [6, 6.07) is 83.0. The number of anilines is 3. The van der Waals surface area contributed by atoms with Crippen LogP contribution in [0, 0.1) is 0 Å². The lowest BCUT2D eigenvalue weighted by Crippen LogP contribution is -2.29. The van der Waals surface area contributed by atoms with E-state index in [0.717, 1.165) is 11.4 Å². The highest BCUT2D eigenvalue weighted by atomic mass is 15.1. The lowest BCUT2D eigenvalue weighted by molar-refractivity contribution is 0.660. The lowest BCUT2D eigenvalue weighted by atomic mass is 9.67. The van der Waals surface area contributed by atoms with Gasteiger partial charge >= 0.3 is 0 Å². The highest BCUT2D eigenvalue weighted by Gasteiger charge is 2.46. The molecule has 0 saturated carbocycles. The Morgan fingerprint density at radius 1 is 0.322 bits per heavy atom. The van der Waals surface area contributed by atoms with Gasteiger partial charge in [-0.2, -0.15) is 0 Å². The van der Waals surface area contributed by atoms with Gasteiger partial charge in [0.2, 0.25) is 0 Å². The summed E-state index contributed by atoms with van der Waals surface area (Å²) in [6.07, 6.45) is 0. The Morgan fingerprint density at radius 2 is 0.797 bits per heavy atom. The first kappa shape index (κ1) is 35.0. The summed E-state index contributed by atoms with van der Waals surface area (Å²) in [4.78, 5) is 2.49. The zero-order valence-corrected chi connectivity index (χ0v) is 33.3. The molecule has 0 N–H and O–H groups in total. The summed E-state index contributed by atoms with van der Waals surface area (Å²) in [6.45, 7) is 4.73. The Balaban J connectivity index is 1.15. The van der Waals surface area contributed by atoms with Gasteiger partial charge in [-0.15, -0.1) is 0 Å². The first-order valence-corrected chi connectivity index (χ1v) is 20.7. The van der Waals surface area contributed by atoms with E-state index in [1.807, 2.05) is 0 Å². The lowest BCUT2D eigenvalue weighted by Gasteiger charge is -2.35. The second-order valence-electron chi connectivity index (χ2n) is 16.5. The van der Waals surface area contributed by atoms with E-state index in [9.17, 15) is 0 Å². The van der Waals surface area contributed by atoms with Crippen LogP contribution < -0.4 is 4.90 Å². The third kappa shape index (κ3) is 5.39. The minimum atomic E-state index is -0.547. The van der Waals surface area contributed by atoms with E-state index >= 15 is 0 Å². The molecule has 9 aromatic carbocycles. The van der Waals surface area contributed by atoms with Crippen LogP contribution in [0.2, 0.25) is 0 Å². The van der Waals surface area contributed by atoms with Crippen molar-refractivity contribution in [2.75, 3.05) is 4.90 Å². The quantitative estimate of drug-likeness (QED) is 0.157. The molecule has 280 valence electrons. The minimum Gasteiger partial charge on any atom is -0.310 e. The van der Waals surface area contributed by atoms with Crippen molar-refractivity contribution in [3.63, 3.8) is 0 Å². The Bertz CT molecular complexity index is 2950. The highest BCUT2D eigenvalue weighted by molar-refractivity contribution is 5.95. The summed E-state index contributed by atoms with van der Waals surface area (Å²) in [5.74, 6) is 0. The van der Waals surface area contributed by atoms with Gasteiger partial charge in [0.25, 0.3) is 0 Å². The molecule has 9 aromatic rings. The Morgan fingerprint density at radius 3 is 1.41 bits per heavy atom. The molecule has 0 radical (unpaired) electrons. The van der Waals surface area contributed by atoms with E-state index in [2.05, 4.69) is 243 Å². The van der Waals surface area contributed by atoms with Crippen molar-refractivity contribution in [2.45, 2.75) is 24.7 Å². The van der Waals surface area contributed by atoms with Crippen LogP contribution in [0.4, 0.5) is 17.1 Å². The van der Waals surface area contributed by atoms with Gasteiger partial charge < -0.3 is 4.90 Å². The molecule has 0 fully saturated rings. The fourth-order valence-electron chi connectivity index (χ4n) is 10.2. The van der Waals surface area contributed by atoms with Crippen LogP contribution in [0.25, 0.3) is 44.5 Å². The second kappa shape index (κ2) is 13.7. The van der Waals surface area contributed by atoms with E-state index < -0.39 is 5.41 Å². The molecule has 1 nitrogen and oxygen atoms in total. The van der Waals surface area contributed by atoms with Gasteiger partial charge in [-0.05, 0) is 103 Å². The molecule has 0 aliphatic heterocycles. The van der Waals surface area contributed by atoms with E-state index in [1.165, 1.54) is 83.6 Å². The summed E-state index contributed by atoms with van der Waals surface area (Å²) in [5.41, 5.74) is 20.6. The topological polar surface area (TPSA) is 3.24 Å². The van der Waals surface area contributed by atoms with Gasteiger partial charge in [-0.3, -0.25) is 0 Å². The molecule has 0 aromatic heterocycles. The largest absolute Gasteiger partial charge is 0.310 e. The van der Waals surface area contributed by atoms with Crippen LogP contribution in [-0.4, -0.2) is 0 Å². The summed E-state index contributed by atoms with van der Waals surface area (Å²) in [5, 5.41) is 0. The normalized spacial score (nSPS) is 13.9. The summed E-state index contributed by atoms with van der Waals surface area (Å²) < 4.78 is 0. The zero-order chi connectivity index (χ0) is 39.6. The van der Waals surface area contributed by atoms with Crippen molar-refractivity contribution < 1.29 is 0 Å². The molecule has 2 aliphatic carbocycles. The third-order valence-corrected chi connectivity index (χ3v) is 13.0. The van der Waals surface area contributed by atoms with Crippen molar-refractivity contribution in [1.82, 2.24) is 0 Å². The van der Waals surface area contributed by atoms with Crippen LogP contribution >= 0.6 is 0 Å². The summed E-state index contributed by atoms with van der Waals surface area (Å²) >= 11 is 0. The van der Waals surface area contributed by atoms with E-state index in [4.69, 9.17) is 0 Å².